The van der Waals surface area contributed by atoms with E-state index in [0.717, 1.165) is 49.6 Å². The van der Waals surface area contributed by atoms with Gasteiger partial charge >= 0.3 is 6.03 Å². The van der Waals surface area contributed by atoms with Crippen LogP contribution in [0.15, 0.2) is 12.4 Å². The highest BCUT2D eigenvalue weighted by atomic mass is 16.2. The first-order valence-electron chi connectivity index (χ1n) is 8.99. The monoisotopic (exact) mass is 344 g/mol. The highest BCUT2D eigenvalue weighted by molar-refractivity contribution is 5.74. The topological polar surface area (TPSA) is 78.8 Å². The number of aromatic amines is 1. The number of hydrogen-bond acceptors (Lipinski definition) is 3. The number of nitrogens with zero attached hydrogens (tertiary/aromatic N) is 4. The Bertz CT molecular complexity index is 720. The number of piperidine rings is 1. The normalized spacial score (nSPS) is 19.0. The summed E-state index contributed by atoms with van der Waals surface area (Å²) < 4.78 is 1.90. The fourth-order valence-corrected chi connectivity index (χ4v) is 3.66. The Kier molecular flexibility index (Phi) is 5.11. The van der Waals surface area contributed by atoms with Crippen LogP contribution in [-0.2, 0) is 13.5 Å². The van der Waals surface area contributed by atoms with Crippen LogP contribution in [0.5, 0.6) is 0 Å². The van der Waals surface area contributed by atoms with Gasteiger partial charge in [-0.15, -0.1) is 0 Å². The molecule has 0 saturated carbocycles. The van der Waals surface area contributed by atoms with Crippen molar-refractivity contribution >= 4 is 6.03 Å². The van der Waals surface area contributed by atoms with E-state index in [0.29, 0.717) is 5.92 Å². The fourth-order valence-electron chi connectivity index (χ4n) is 3.66. The first-order valence-corrected chi connectivity index (χ1v) is 8.99. The van der Waals surface area contributed by atoms with Crippen molar-refractivity contribution in [2.75, 3.05) is 13.1 Å². The molecule has 3 heterocycles. The number of nitrogens with one attached hydrogen (secondary N) is 2. The Morgan fingerprint density at radius 3 is 2.92 bits per heavy atom. The molecule has 0 aliphatic carbocycles. The van der Waals surface area contributed by atoms with Crippen LogP contribution in [0, 0.1) is 13.8 Å². The first-order chi connectivity index (χ1) is 12.0. The molecule has 1 aliphatic rings. The Morgan fingerprint density at radius 1 is 1.48 bits per heavy atom. The molecule has 7 nitrogen and oxygen atoms in total. The van der Waals surface area contributed by atoms with E-state index in [1.54, 1.807) is 6.20 Å². The second-order valence-electron chi connectivity index (χ2n) is 7.09. The molecule has 0 bridgehead atoms. The van der Waals surface area contributed by atoms with E-state index >= 15 is 0 Å². The summed E-state index contributed by atoms with van der Waals surface area (Å²) in [5, 5.41) is 7.60. The molecule has 2 aromatic heterocycles. The molecule has 1 saturated heterocycles. The molecule has 3 rings (SSSR count). The summed E-state index contributed by atoms with van der Waals surface area (Å²) >= 11 is 0. The van der Waals surface area contributed by atoms with Crippen molar-refractivity contribution < 1.29 is 4.79 Å². The Labute approximate surface area is 148 Å². The molecule has 1 fully saturated rings. The lowest BCUT2D eigenvalue weighted by atomic mass is 9.97. The highest BCUT2D eigenvalue weighted by Crippen LogP contribution is 2.24. The number of rotatable bonds is 4. The molecule has 136 valence electrons. The number of likely N-dealkylation sites (tertiary alicyclic amines) is 1. The molecule has 0 spiro atoms. The fraction of sp³-hybridized carbons (Fsp3) is 0.611. The zero-order valence-electron chi connectivity index (χ0n) is 15.5. The molecule has 7 heteroatoms. The molecule has 0 aromatic carbocycles. The van der Waals surface area contributed by atoms with Gasteiger partial charge in [0, 0.05) is 50.2 Å². The largest absolute Gasteiger partial charge is 0.348 e. The minimum absolute atomic E-state index is 0.0166. The van der Waals surface area contributed by atoms with Crippen LogP contribution in [0.1, 0.15) is 48.5 Å². The van der Waals surface area contributed by atoms with Crippen LogP contribution in [0.4, 0.5) is 4.79 Å². The lowest BCUT2D eigenvalue weighted by Gasteiger charge is -2.32. The number of carbonyl (C=O) groups is 1. The summed E-state index contributed by atoms with van der Waals surface area (Å²) in [5.41, 5.74) is 3.42. The Morgan fingerprint density at radius 2 is 2.28 bits per heavy atom. The van der Waals surface area contributed by atoms with Crippen molar-refractivity contribution in [2.45, 2.75) is 52.0 Å². The maximum Gasteiger partial charge on any atom is 0.317 e. The van der Waals surface area contributed by atoms with Crippen molar-refractivity contribution in [2.24, 2.45) is 7.05 Å². The lowest BCUT2D eigenvalue weighted by molar-refractivity contribution is 0.175. The maximum atomic E-state index is 12.7. The summed E-state index contributed by atoms with van der Waals surface area (Å²) in [6, 6.07) is 0.0843. The van der Waals surface area contributed by atoms with Crippen LogP contribution in [0.2, 0.25) is 0 Å². The summed E-state index contributed by atoms with van der Waals surface area (Å²) in [5.74, 6) is 1.28. The smallest absolute Gasteiger partial charge is 0.317 e. The van der Waals surface area contributed by atoms with E-state index in [-0.39, 0.29) is 12.1 Å². The molecule has 2 amide bonds. The highest BCUT2D eigenvalue weighted by Gasteiger charge is 2.27. The molecular weight excluding hydrogens is 316 g/mol. The molecule has 2 N–H and O–H groups in total. The third-order valence-electron chi connectivity index (χ3n) is 5.15. The summed E-state index contributed by atoms with van der Waals surface area (Å²) in [6.45, 7) is 7.67. The third-order valence-corrected chi connectivity index (χ3v) is 5.15. The second kappa shape index (κ2) is 7.29. The molecule has 2 atom stereocenters. The SMILES string of the molecule is Cc1nn(C)c(C)c1C[C@H](C)NC(=O)N1CCC[C@@H](c2ncc[nH]2)C1. The molecular formula is C18H28N6O. The van der Waals surface area contributed by atoms with Crippen LogP contribution in [0.3, 0.4) is 0 Å². The number of H-pyrrole nitrogens is 1. The predicted molar refractivity (Wildman–Crippen MR) is 96.5 cm³/mol. The van der Waals surface area contributed by atoms with E-state index in [1.807, 2.05) is 29.7 Å². The number of imidazole rings is 1. The minimum Gasteiger partial charge on any atom is -0.348 e. The third kappa shape index (κ3) is 3.86. The number of aromatic nitrogens is 4. The van der Waals surface area contributed by atoms with Gasteiger partial charge in [0.25, 0.3) is 0 Å². The zero-order chi connectivity index (χ0) is 18.0. The number of hydrogen-bond donors (Lipinski definition) is 2. The van der Waals surface area contributed by atoms with E-state index in [9.17, 15) is 4.79 Å². The van der Waals surface area contributed by atoms with Gasteiger partial charge in [-0.25, -0.2) is 9.78 Å². The van der Waals surface area contributed by atoms with Crippen molar-refractivity contribution in [1.82, 2.24) is 30.0 Å². The van der Waals surface area contributed by atoms with Gasteiger partial charge in [-0.05, 0) is 45.6 Å². The maximum absolute atomic E-state index is 12.7. The number of carbonyl (C=O) groups excluding carboxylic acids is 1. The zero-order valence-corrected chi connectivity index (χ0v) is 15.5. The van der Waals surface area contributed by atoms with E-state index in [2.05, 4.69) is 34.2 Å². The molecule has 0 radical (unpaired) electrons. The van der Waals surface area contributed by atoms with Gasteiger partial charge in [-0.3, -0.25) is 4.68 Å². The summed E-state index contributed by atoms with van der Waals surface area (Å²) in [6.07, 6.45) is 6.49. The molecule has 2 aromatic rings. The average molecular weight is 344 g/mol. The van der Waals surface area contributed by atoms with Gasteiger partial charge in [0.1, 0.15) is 5.82 Å². The van der Waals surface area contributed by atoms with E-state index < -0.39 is 0 Å². The summed E-state index contributed by atoms with van der Waals surface area (Å²) in [7, 11) is 1.96. The second-order valence-corrected chi connectivity index (χ2v) is 7.09. The first kappa shape index (κ1) is 17.5. The minimum atomic E-state index is 0.0166. The standard InChI is InChI=1S/C18H28N6O/c1-12(10-16-13(2)22-23(4)14(16)3)21-18(25)24-9-5-6-15(11-24)17-19-7-8-20-17/h7-8,12,15H,5-6,9-11H2,1-4H3,(H,19,20)(H,21,25)/t12-,15+/m0/s1. The van der Waals surface area contributed by atoms with Crippen LogP contribution >= 0.6 is 0 Å². The van der Waals surface area contributed by atoms with Gasteiger partial charge in [0.2, 0.25) is 0 Å². The molecule has 0 unspecified atom stereocenters. The summed E-state index contributed by atoms with van der Waals surface area (Å²) in [4.78, 5) is 22.1. The molecule has 25 heavy (non-hydrogen) atoms. The average Bonchev–Trinajstić information content (AvgIpc) is 3.20. The Hall–Kier alpha value is -2.31. The van der Waals surface area contributed by atoms with Gasteiger partial charge in [0.05, 0.1) is 5.69 Å². The van der Waals surface area contributed by atoms with Crippen molar-refractivity contribution in [3.63, 3.8) is 0 Å². The van der Waals surface area contributed by atoms with Gasteiger partial charge < -0.3 is 15.2 Å². The number of urea groups is 1. The number of amides is 2. The van der Waals surface area contributed by atoms with Crippen molar-refractivity contribution in [3.05, 3.63) is 35.2 Å². The van der Waals surface area contributed by atoms with Crippen LogP contribution < -0.4 is 5.32 Å². The van der Waals surface area contributed by atoms with Crippen molar-refractivity contribution in [3.8, 4) is 0 Å². The Balaban J connectivity index is 1.57. The molecule has 1 aliphatic heterocycles. The van der Waals surface area contributed by atoms with Crippen LogP contribution in [0.25, 0.3) is 0 Å². The van der Waals surface area contributed by atoms with E-state index in [4.69, 9.17) is 0 Å². The number of aryl methyl sites for hydroxylation is 2. The van der Waals surface area contributed by atoms with Gasteiger partial charge in [-0.1, -0.05) is 0 Å². The van der Waals surface area contributed by atoms with Crippen molar-refractivity contribution in [1.29, 1.82) is 0 Å². The predicted octanol–water partition coefficient (Wildman–Crippen LogP) is 2.28. The van der Waals surface area contributed by atoms with Gasteiger partial charge in [-0.2, -0.15) is 5.10 Å². The van der Waals surface area contributed by atoms with Gasteiger partial charge in [0.15, 0.2) is 0 Å². The van der Waals surface area contributed by atoms with E-state index in [1.165, 1.54) is 5.56 Å². The lowest BCUT2D eigenvalue weighted by Crippen LogP contribution is -2.48. The van der Waals surface area contributed by atoms with Crippen LogP contribution in [-0.4, -0.2) is 49.8 Å². The quantitative estimate of drug-likeness (QED) is 0.893.